The van der Waals surface area contributed by atoms with Crippen LogP contribution in [0.4, 0.5) is 28.8 Å². The van der Waals surface area contributed by atoms with Crippen molar-refractivity contribution in [1.82, 2.24) is 39.2 Å². The van der Waals surface area contributed by atoms with Gasteiger partial charge >= 0.3 is 5.69 Å². The van der Waals surface area contributed by atoms with Crippen LogP contribution in [0.5, 0.6) is 5.75 Å². The summed E-state index contributed by atoms with van der Waals surface area (Å²) in [5.74, 6) is 1.02. The summed E-state index contributed by atoms with van der Waals surface area (Å²) in [7, 11) is -2.64. The molecule has 2 amide bonds. The molecule has 70 heavy (non-hydrogen) atoms. The number of imidazole rings is 1. The van der Waals surface area contributed by atoms with Crippen LogP contribution in [0.2, 0.25) is 0 Å². The highest BCUT2D eigenvalue weighted by molar-refractivity contribution is 9.10. The quantitative estimate of drug-likeness (QED) is 0.0709. The fourth-order valence-corrected chi connectivity index (χ4v) is 14.9. The number of hydrogen-bond acceptors (Lipinski definition) is 13. The maximum absolute atomic E-state index is 14.5. The number of piperidine rings is 2. The summed E-state index contributed by atoms with van der Waals surface area (Å²) >= 11 is 3.67. The molecule has 4 fully saturated rings. The predicted molar refractivity (Wildman–Crippen MR) is 282 cm³/mol. The second-order valence-electron chi connectivity index (χ2n) is 19.2. The Labute approximate surface area is 417 Å². The molecule has 4 aliphatic heterocycles. The molecule has 0 radical (unpaired) electrons. The lowest BCUT2D eigenvalue weighted by Gasteiger charge is -2.43. The number of halogens is 1. The number of nitrogens with zero attached hydrogens (tertiary/aromatic N) is 8. The number of amides is 2. The van der Waals surface area contributed by atoms with E-state index >= 15 is 0 Å². The van der Waals surface area contributed by atoms with Crippen LogP contribution < -0.4 is 36.6 Å². The first-order chi connectivity index (χ1) is 33.9. The normalized spacial score (nSPS) is 19.3. The fourth-order valence-electron chi connectivity index (χ4n) is 11.3. The molecule has 16 nitrogen and oxygen atoms in total. The van der Waals surface area contributed by atoms with E-state index in [9.17, 15) is 18.9 Å². The highest BCUT2D eigenvalue weighted by Gasteiger charge is 2.35. The third kappa shape index (κ3) is 9.49. The number of aryl methyl sites for hydroxylation is 3. The molecule has 1 atom stereocenters. The van der Waals surface area contributed by atoms with E-state index in [0.717, 1.165) is 139 Å². The Morgan fingerprint density at radius 1 is 0.886 bits per heavy atom. The van der Waals surface area contributed by atoms with E-state index < -0.39 is 19.1 Å². The average molecular weight is 1030 g/mol. The van der Waals surface area contributed by atoms with Gasteiger partial charge in [0.05, 0.1) is 39.0 Å². The zero-order chi connectivity index (χ0) is 48.7. The van der Waals surface area contributed by atoms with Gasteiger partial charge in [-0.1, -0.05) is 18.2 Å². The monoisotopic (exact) mass is 1030 g/mol. The van der Waals surface area contributed by atoms with Crippen molar-refractivity contribution in [3.8, 4) is 5.75 Å². The molecular formula is C52H63BrN11O5P. The molecule has 6 aromatic rings. The topological polar surface area (TPSA) is 172 Å². The van der Waals surface area contributed by atoms with Gasteiger partial charge in [0.2, 0.25) is 17.8 Å². The van der Waals surface area contributed by atoms with Crippen molar-refractivity contribution in [1.29, 1.82) is 0 Å². The zero-order valence-corrected chi connectivity index (χ0v) is 43.1. The Morgan fingerprint density at radius 2 is 1.67 bits per heavy atom. The maximum atomic E-state index is 14.5. The number of para-hydroxylation sites is 1. The molecule has 1 unspecified atom stereocenters. The molecule has 7 heterocycles. The first-order valence-corrected chi connectivity index (χ1v) is 27.9. The summed E-state index contributed by atoms with van der Waals surface area (Å²) < 4.78 is 24.8. The molecule has 10 rings (SSSR count). The van der Waals surface area contributed by atoms with Crippen LogP contribution in [0.15, 0.2) is 70.1 Å². The molecule has 0 bridgehead atoms. The lowest BCUT2D eigenvalue weighted by molar-refractivity contribution is -0.135. The van der Waals surface area contributed by atoms with Gasteiger partial charge in [-0.3, -0.25) is 33.9 Å². The van der Waals surface area contributed by atoms with Crippen molar-refractivity contribution in [2.24, 2.45) is 0 Å². The number of imide groups is 1. The van der Waals surface area contributed by atoms with Gasteiger partial charge in [-0.15, -0.1) is 0 Å². The molecule has 0 saturated carbocycles. The fraction of sp³-hybridized carbons (Fsp3) is 0.462. The van der Waals surface area contributed by atoms with Gasteiger partial charge in [0.15, 0.2) is 0 Å². The summed E-state index contributed by atoms with van der Waals surface area (Å²) in [6.45, 7) is 15.9. The molecule has 368 valence electrons. The standard InChI is InChI=1S/C52H63BrN11O5P/c1-5-63-47-35(10-9-11-42(47)64(52(63)67)43-16-17-46(65)58-50(43)66)18-21-60-24-26-61(27-25-60)36-19-22-62(23-20-36)44-31-45(69-6-2)41(30-33(44)3)57-51-54-32-38(53)49(59-51)56-40-15-14-39-37(13-12-34(4)55-39)48(40)70(68)28-7-8-29-70/h9-15,30-32,36,43H,5-8,16-29H2,1-4H3,(H,58,65,66)(H2,54,56,57,59). The van der Waals surface area contributed by atoms with Crippen molar-refractivity contribution in [3.05, 3.63) is 92.6 Å². The SMILES string of the molecule is CCOc1cc(N2CCC(N3CCN(CCc4cccc5c4n(CC)c(=O)n5C4CCC(=O)NC4=O)CC3)CC2)c(C)cc1Nc1ncc(Br)c(Nc2ccc3nc(C)ccc3c2P2(=O)CCCC2)n1. The largest absolute Gasteiger partial charge is 0.492 e. The third-order valence-electron chi connectivity index (χ3n) is 14.8. The van der Waals surface area contributed by atoms with Crippen LogP contribution in [0, 0.1) is 13.8 Å². The van der Waals surface area contributed by atoms with Crippen molar-refractivity contribution < 1.29 is 18.9 Å². The minimum atomic E-state index is -2.64. The van der Waals surface area contributed by atoms with E-state index in [4.69, 9.17) is 14.7 Å². The number of anilines is 5. The van der Waals surface area contributed by atoms with Gasteiger partial charge in [-0.25, -0.2) is 9.78 Å². The minimum Gasteiger partial charge on any atom is -0.492 e. The summed E-state index contributed by atoms with van der Waals surface area (Å²) in [5.41, 5.74) is 8.20. The van der Waals surface area contributed by atoms with Crippen molar-refractivity contribution in [2.75, 3.05) is 80.3 Å². The summed E-state index contributed by atoms with van der Waals surface area (Å²) in [6, 6.07) is 18.1. The number of fused-ring (bicyclic) bond motifs is 2. The van der Waals surface area contributed by atoms with Gasteiger partial charge < -0.3 is 29.7 Å². The van der Waals surface area contributed by atoms with Crippen molar-refractivity contribution in [2.45, 2.75) is 91.3 Å². The van der Waals surface area contributed by atoms with Crippen LogP contribution in [0.1, 0.15) is 75.2 Å². The van der Waals surface area contributed by atoms with Gasteiger partial charge in [0.25, 0.3) is 0 Å². The highest BCUT2D eigenvalue weighted by Crippen LogP contribution is 2.54. The number of hydrogen-bond donors (Lipinski definition) is 3. The van der Waals surface area contributed by atoms with Crippen LogP contribution in [0.3, 0.4) is 0 Å². The van der Waals surface area contributed by atoms with E-state index in [1.165, 1.54) is 5.69 Å². The Bertz CT molecular complexity index is 3080. The Kier molecular flexibility index (Phi) is 13.9. The Balaban J connectivity index is 0.770. The number of piperazine rings is 1. The summed E-state index contributed by atoms with van der Waals surface area (Å²) in [6.07, 6.45) is 8.54. The average Bonchev–Trinajstić information content (AvgIpc) is 3.93. The number of carbonyl (C=O) groups excluding carboxylic acids is 2. The zero-order valence-electron chi connectivity index (χ0n) is 40.6. The van der Waals surface area contributed by atoms with Crippen LogP contribution in [-0.2, 0) is 27.1 Å². The molecule has 0 aliphatic carbocycles. The smallest absolute Gasteiger partial charge is 0.329 e. The maximum Gasteiger partial charge on any atom is 0.329 e. The molecule has 0 spiro atoms. The molecular weight excluding hydrogens is 970 g/mol. The van der Waals surface area contributed by atoms with Crippen molar-refractivity contribution in [3.63, 3.8) is 0 Å². The molecule has 3 aromatic carbocycles. The van der Waals surface area contributed by atoms with Gasteiger partial charge in [-0.05, 0) is 124 Å². The van der Waals surface area contributed by atoms with E-state index in [0.29, 0.717) is 54.2 Å². The number of aromatic nitrogens is 5. The first-order valence-electron chi connectivity index (χ1n) is 25.0. The summed E-state index contributed by atoms with van der Waals surface area (Å²) in [4.78, 5) is 60.4. The number of carbonyl (C=O) groups is 2. The molecule has 3 aromatic heterocycles. The first kappa shape index (κ1) is 48.0. The molecule has 18 heteroatoms. The lowest BCUT2D eigenvalue weighted by Crippen LogP contribution is -2.53. The molecule has 4 saturated heterocycles. The van der Waals surface area contributed by atoms with Crippen LogP contribution >= 0.6 is 23.1 Å². The van der Waals surface area contributed by atoms with Crippen LogP contribution in [0.25, 0.3) is 21.9 Å². The highest BCUT2D eigenvalue weighted by atomic mass is 79.9. The van der Waals surface area contributed by atoms with E-state index in [1.807, 2.05) is 51.1 Å². The number of benzene rings is 3. The summed E-state index contributed by atoms with van der Waals surface area (Å²) in [5, 5.41) is 11.2. The van der Waals surface area contributed by atoms with Gasteiger partial charge in [0.1, 0.15) is 24.8 Å². The second kappa shape index (κ2) is 20.2. The van der Waals surface area contributed by atoms with Gasteiger partial charge in [0, 0.05) is 111 Å². The number of ether oxygens (including phenoxy) is 1. The minimum absolute atomic E-state index is 0.200. The third-order valence-corrected chi connectivity index (χ3v) is 18.8. The van der Waals surface area contributed by atoms with E-state index in [1.54, 1.807) is 15.3 Å². The number of pyridine rings is 1. The predicted octanol–water partition coefficient (Wildman–Crippen LogP) is 8.02. The van der Waals surface area contributed by atoms with Crippen LogP contribution in [-0.4, -0.2) is 116 Å². The van der Waals surface area contributed by atoms with E-state index in [2.05, 4.69) is 82.8 Å². The lowest BCUT2D eigenvalue weighted by atomic mass is 10.00. The Hall–Kier alpha value is -5.61. The number of nitrogens with one attached hydrogen (secondary N) is 3. The van der Waals surface area contributed by atoms with E-state index in [-0.39, 0.29) is 18.0 Å². The second-order valence-corrected chi connectivity index (χ2v) is 23.2. The molecule has 3 N–H and O–H groups in total. The molecule has 4 aliphatic rings. The van der Waals surface area contributed by atoms with Crippen molar-refractivity contribution >= 4 is 91.0 Å². The van der Waals surface area contributed by atoms with Gasteiger partial charge in [-0.2, -0.15) is 4.98 Å². The Morgan fingerprint density at radius 3 is 2.41 bits per heavy atom. The number of rotatable bonds is 14.